The number of ether oxygens (including phenoxy) is 9. The maximum absolute atomic E-state index is 13.2. The molecular formula is C84H110N6O18. The molecule has 6 aromatic rings. The van der Waals surface area contributed by atoms with Crippen LogP contribution in [0.5, 0.6) is 0 Å². The molecule has 584 valence electrons. The molecular weight excluding hydrogens is 1380 g/mol. The van der Waals surface area contributed by atoms with E-state index in [0.717, 1.165) is 130 Å². The molecule has 3 unspecified atom stereocenters. The normalized spacial score (nSPS) is 11.9. The molecule has 0 aliphatic rings. The maximum Gasteiger partial charge on any atom is 0.411 e. The number of anilines is 6. The summed E-state index contributed by atoms with van der Waals surface area (Å²) in [5.74, 6) is -1.33. The highest BCUT2D eigenvalue weighted by Gasteiger charge is 2.21. The van der Waals surface area contributed by atoms with Crippen LogP contribution in [0.1, 0.15) is 208 Å². The van der Waals surface area contributed by atoms with Crippen molar-refractivity contribution in [2.24, 2.45) is 0 Å². The zero-order valence-electron chi connectivity index (χ0n) is 63.5. The van der Waals surface area contributed by atoms with E-state index in [-0.39, 0.29) is 50.8 Å². The number of unbranched alkanes of at least 4 members (excludes halogenated alkanes) is 15. The third-order valence-electron chi connectivity index (χ3n) is 17.8. The van der Waals surface area contributed by atoms with Crippen LogP contribution in [0.2, 0.25) is 0 Å². The Hall–Kier alpha value is -10.7. The zero-order valence-corrected chi connectivity index (χ0v) is 63.5. The van der Waals surface area contributed by atoms with Crippen molar-refractivity contribution >= 4 is 88.6 Å². The molecule has 0 radical (unpaired) electrons. The number of benzene rings is 6. The first-order chi connectivity index (χ1) is 52.3. The van der Waals surface area contributed by atoms with Gasteiger partial charge in [-0.15, -0.1) is 0 Å². The molecule has 0 aliphatic carbocycles. The first kappa shape index (κ1) is 86.3. The fourth-order valence-electron chi connectivity index (χ4n) is 11.7. The van der Waals surface area contributed by atoms with Crippen LogP contribution in [0.25, 0.3) is 0 Å². The Kier molecular flexibility index (Phi) is 39.9. The van der Waals surface area contributed by atoms with Crippen molar-refractivity contribution in [2.45, 2.75) is 219 Å². The van der Waals surface area contributed by atoms with E-state index in [1.54, 1.807) is 0 Å². The minimum atomic E-state index is -0.964. The number of nitrogens with one attached hydrogen (secondary N) is 6. The summed E-state index contributed by atoms with van der Waals surface area (Å²) in [5.41, 5.74) is 10.1. The molecule has 0 heterocycles. The summed E-state index contributed by atoms with van der Waals surface area (Å²) in [5, 5.41) is 16.3. The van der Waals surface area contributed by atoms with Crippen LogP contribution in [0.4, 0.5) is 62.9 Å². The molecule has 0 saturated carbocycles. The Morgan fingerprint density at radius 3 is 0.694 bits per heavy atom. The van der Waals surface area contributed by atoms with Crippen molar-refractivity contribution in [3.8, 4) is 0 Å². The number of amides is 6. The Morgan fingerprint density at radius 2 is 0.463 bits per heavy atom. The summed E-state index contributed by atoms with van der Waals surface area (Å²) in [6.07, 6.45) is 15.0. The lowest BCUT2D eigenvalue weighted by molar-refractivity contribution is -0.167. The SMILES string of the molecule is COC(=O)Nc1ccc(Cc2ccc(NC(=O)OC(C)CCCCCCCCC(=O)OCC(COC(=O)CCCCCCCCC(C)OC(=O)Nc3ccc(Cc4ccc(NC(=O)OC)cc4)cc3)OC(=O)CCCCCCCCC(C)OC(=O)Nc3ccc(Cc4ccc(NC(=O)OC)cc4)cc3)cc2)cc1. The van der Waals surface area contributed by atoms with E-state index in [1.807, 2.05) is 166 Å². The first-order valence-electron chi connectivity index (χ1n) is 37.8. The number of carbonyl (C=O) groups excluding carboxylic acids is 9. The molecule has 0 saturated heterocycles. The first-order valence-corrected chi connectivity index (χ1v) is 37.8. The quantitative estimate of drug-likeness (QED) is 0.0117. The lowest BCUT2D eigenvalue weighted by Gasteiger charge is -2.18. The average molecular weight is 1490 g/mol. The lowest BCUT2D eigenvalue weighted by Crippen LogP contribution is -2.30. The number of esters is 3. The number of hydrogen-bond donors (Lipinski definition) is 6. The van der Waals surface area contributed by atoms with E-state index in [4.69, 9.17) is 28.4 Å². The van der Waals surface area contributed by atoms with Crippen molar-refractivity contribution in [3.05, 3.63) is 179 Å². The van der Waals surface area contributed by atoms with Gasteiger partial charge >= 0.3 is 54.5 Å². The van der Waals surface area contributed by atoms with Crippen LogP contribution in [0.3, 0.4) is 0 Å². The van der Waals surface area contributed by atoms with Gasteiger partial charge in [0, 0.05) is 53.4 Å². The molecule has 6 amide bonds. The topological polar surface area (TPSA) is 309 Å². The van der Waals surface area contributed by atoms with Gasteiger partial charge in [0.2, 0.25) is 0 Å². The van der Waals surface area contributed by atoms with E-state index < -0.39 is 60.6 Å². The molecule has 0 aromatic heterocycles. The fraction of sp³-hybridized carbons (Fsp3) is 0.464. The zero-order chi connectivity index (χ0) is 77.5. The van der Waals surface area contributed by atoms with Crippen LogP contribution in [0.15, 0.2) is 146 Å². The van der Waals surface area contributed by atoms with Gasteiger partial charge in [0.15, 0.2) is 6.10 Å². The average Bonchev–Trinajstić information content (AvgIpc) is 0.872. The van der Waals surface area contributed by atoms with Crippen LogP contribution in [0, 0.1) is 0 Å². The summed E-state index contributed by atoms with van der Waals surface area (Å²) in [4.78, 5) is 111. The summed E-state index contributed by atoms with van der Waals surface area (Å²) >= 11 is 0. The largest absolute Gasteiger partial charge is 0.462 e. The van der Waals surface area contributed by atoms with Crippen molar-refractivity contribution in [3.63, 3.8) is 0 Å². The van der Waals surface area contributed by atoms with Gasteiger partial charge in [-0.2, -0.15) is 0 Å². The van der Waals surface area contributed by atoms with Gasteiger partial charge in [0.05, 0.1) is 21.3 Å². The number of carbonyl (C=O) groups is 9. The molecule has 6 rings (SSSR count). The van der Waals surface area contributed by atoms with Gasteiger partial charge in [-0.05, 0) is 204 Å². The van der Waals surface area contributed by atoms with Crippen molar-refractivity contribution in [1.29, 1.82) is 0 Å². The van der Waals surface area contributed by atoms with Crippen LogP contribution in [-0.2, 0) is 76.3 Å². The standard InChI is InChI=1S/C84H110N6O18/c1-60(105-82(97)88-72-49-37-66(38-50-72)55-63-31-43-69(44-32-63)85-79(94)100-4)25-19-13-7-10-16-22-28-76(91)103-58-75(108-78(93)30-24-18-12-9-15-21-27-62(3)107-84(99)90-74-53-41-68(42-54-74)57-65-35-47-71(48-36-65)87-81(96)102-6)59-104-77(92)29-23-17-11-8-14-20-26-61(2)106-83(98)89-73-51-39-67(40-52-73)56-64-33-45-70(46-34-64)86-80(95)101-5/h31-54,60-62,75H,7-30,55-59H2,1-6H3,(H,85,94)(H,86,95)(H,87,96)(H,88,97)(H,89,98)(H,90,99). The second-order valence-electron chi connectivity index (χ2n) is 27.0. The van der Waals surface area contributed by atoms with Gasteiger partial charge < -0.3 is 42.6 Å². The predicted octanol–water partition coefficient (Wildman–Crippen LogP) is 19.6. The van der Waals surface area contributed by atoms with E-state index in [1.165, 1.54) is 21.3 Å². The smallest absolute Gasteiger partial charge is 0.411 e. The van der Waals surface area contributed by atoms with Crippen LogP contribution < -0.4 is 31.9 Å². The minimum Gasteiger partial charge on any atom is -0.462 e. The van der Waals surface area contributed by atoms with E-state index in [9.17, 15) is 43.2 Å². The molecule has 24 heteroatoms. The van der Waals surface area contributed by atoms with Crippen LogP contribution in [-0.4, -0.2) is 113 Å². The summed E-state index contributed by atoms with van der Waals surface area (Å²) in [7, 11) is 3.93. The van der Waals surface area contributed by atoms with Crippen molar-refractivity contribution in [1.82, 2.24) is 0 Å². The van der Waals surface area contributed by atoms with Gasteiger partial charge in [0.1, 0.15) is 31.5 Å². The lowest BCUT2D eigenvalue weighted by atomic mass is 10.0. The maximum atomic E-state index is 13.2. The Bertz CT molecular complexity index is 3510. The molecule has 24 nitrogen and oxygen atoms in total. The third kappa shape index (κ3) is 37.5. The van der Waals surface area contributed by atoms with Crippen molar-refractivity contribution < 1.29 is 85.8 Å². The fourth-order valence-corrected chi connectivity index (χ4v) is 11.7. The van der Waals surface area contributed by atoms with E-state index in [0.29, 0.717) is 91.9 Å². The molecule has 0 spiro atoms. The highest BCUT2D eigenvalue weighted by molar-refractivity contribution is 5.87. The second kappa shape index (κ2) is 50.0. The third-order valence-corrected chi connectivity index (χ3v) is 17.8. The summed E-state index contributed by atoms with van der Waals surface area (Å²) < 4.78 is 47.7. The molecule has 0 fully saturated rings. The van der Waals surface area contributed by atoms with Crippen molar-refractivity contribution in [2.75, 3.05) is 66.4 Å². The monoisotopic (exact) mass is 1490 g/mol. The Labute approximate surface area is 635 Å². The molecule has 0 aliphatic heterocycles. The predicted molar refractivity (Wildman–Crippen MR) is 416 cm³/mol. The van der Waals surface area contributed by atoms with E-state index >= 15 is 0 Å². The number of hydrogen-bond acceptors (Lipinski definition) is 18. The minimum absolute atomic E-state index is 0.153. The molecule has 0 bridgehead atoms. The molecule has 3 atom stereocenters. The summed E-state index contributed by atoms with van der Waals surface area (Å²) in [6.45, 7) is 5.13. The second-order valence-corrected chi connectivity index (χ2v) is 27.0. The Balaban J connectivity index is 0.818. The van der Waals surface area contributed by atoms with Gasteiger partial charge in [0.25, 0.3) is 0 Å². The summed E-state index contributed by atoms with van der Waals surface area (Å²) in [6, 6.07) is 45.0. The van der Waals surface area contributed by atoms with Crippen LogP contribution >= 0.6 is 0 Å². The highest BCUT2D eigenvalue weighted by Crippen LogP contribution is 2.23. The molecule has 6 N–H and O–H groups in total. The molecule has 108 heavy (non-hydrogen) atoms. The van der Waals surface area contributed by atoms with Gasteiger partial charge in [-0.1, -0.05) is 150 Å². The number of rotatable bonds is 47. The molecule has 6 aromatic carbocycles. The van der Waals surface area contributed by atoms with Gasteiger partial charge in [-0.3, -0.25) is 46.3 Å². The van der Waals surface area contributed by atoms with Gasteiger partial charge in [-0.25, -0.2) is 28.8 Å². The number of methoxy groups -OCH3 is 3. The van der Waals surface area contributed by atoms with E-state index in [2.05, 4.69) is 46.1 Å². The Morgan fingerprint density at radius 1 is 0.259 bits per heavy atom. The highest BCUT2D eigenvalue weighted by atomic mass is 16.6.